The molecule has 2 aromatic rings. The van der Waals surface area contributed by atoms with Gasteiger partial charge in [-0.2, -0.15) is 0 Å². The maximum absolute atomic E-state index is 12.3. The van der Waals surface area contributed by atoms with Crippen LogP contribution in [0.2, 0.25) is 0 Å². The average molecular weight is 521 g/mol. The molecule has 0 amide bonds. The van der Waals surface area contributed by atoms with Crippen molar-refractivity contribution in [3.05, 3.63) is 47.2 Å². The molecule has 0 spiro atoms. The molecule has 0 radical (unpaired) electrons. The maximum Gasteiger partial charge on any atom is 0.240 e. The summed E-state index contributed by atoms with van der Waals surface area (Å²) in [5.41, 5.74) is 1.86. The van der Waals surface area contributed by atoms with Gasteiger partial charge in [0.2, 0.25) is 15.9 Å². The zero-order chi connectivity index (χ0) is 19.9. The summed E-state index contributed by atoms with van der Waals surface area (Å²) < 4.78 is 32.6. The number of sulfonamides is 1. The van der Waals surface area contributed by atoms with Crippen molar-refractivity contribution in [1.82, 2.24) is 20.3 Å². The highest BCUT2D eigenvalue weighted by Gasteiger charge is 2.12. The van der Waals surface area contributed by atoms with E-state index in [-0.39, 0.29) is 35.4 Å². The van der Waals surface area contributed by atoms with Gasteiger partial charge < -0.3 is 15.1 Å². The summed E-state index contributed by atoms with van der Waals surface area (Å²) in [6, 6.07) is 6.73. The number of nitrogens with zero attached hydrogens (tertiary/aromatic N) is 2. The van der Waals surface area contributed by atoms with E-state index in [2.05, 4.69) is 25.3 Å². The van der Waals surface area contributed by atoms with E-state index in [4.69, 9.17) is 4.42 Å². The number of halogens is 1. The van der Waals surface area contributed by atoms with Crippen molar-refractivity contribution in [3.8, 4) is 0 Å². The molecule has 0 atom stereocenters. The lowest BCUT2D eigenvalue weighted by molar-refractivity contribution is 0.473. The number of guanidine groups is 1. The quantitative estimate of drug-likeness (QED) is 0.213. The molecule has 8 nitrogen and oxygen atoms in total. The Morgan fingerprint density at radius 2 is 1.79 bits per heavy atom. The Bertz CT molecular complexity index is 860. The van der Waals surface area contributed by atoms with Crippen molar-refractivity contribution >= 4 is 40.0 Å². The predicted octanol–water partition coefficient (Wildman–Crippen LogP) is 2.25. The summed E-state index contributed by atoms with van der Waals surface area (Å²) in [6.45, 7) is 9.23. The van der Waals surface area contributed by atoms with Crippen LogP contribution in [0.25, 0.3) is 0 Å². The van der Waals surface area contributed by atoms with E-state index in [0.717, 1.165) is 17.0 Å². The number of aliphatic imine (C=N–C) groups is 1. The largest absolute Gasteiger partial charge is 0.444 e. The summed E-state index contributed by atoms with van der Waals surface area (Å²) in [5.74, 6) is 1.89. The van der Waals surface area contributed by atoms with Crippen LogP contribution in [0.15, 0.2) is 38.6 Å². The van der Waals surface area contributed by atoms with Gasteiger partial charge in [0, 0.05) is 19.6 Å². The molecule has 0 aliphatic heterocycles. The van der Waals surface area contributed by atoms with Crippen LogP contribution in [-0.2, 0) is 16.6 Å². The van der Waals surface area contributed by atoms with E-state index >= 15 is 0 Å². The molecular weight excluding hydrogens is 493 g/mol. The van der Waals surface area contributed by atoms with Gasteiger partial charge in [0.15, 0.2) is 5.96 Å². The SMILES string of the molecule is CCNC(=NCc1nc(C)c(C)o1)NCCNS(=O)(=O)c1ccc(C)cc1.I. The Labute approximate surface area is 183 Å². The van der Waals surface area contributed by atoms with Crippen LogP contribution < -0.4 is 15.4 Å². The standard InChI is InChI=1S/C18H27N5O3S.HI/c1-5-19-18(21-12-17-23-14(3)15(4)26-17)20-10-11-22-27(24,25)16-8-6-13(2)7-9-16;/h6-9,22H,5,10-12H2,1-4H3,(H2,19,20,21);1H. The van der Waals surface area contributed by atoms with Crippen LogP contribution in [0.5, 0.6) is 0 Å². The van der Waals surface area contributed by atoms with Crippen LogP contribution in [0.1, 0.15) is 29.8 Å². The highest BCUT2D eigenvalue weighted by atomic mass is 127. The monoisotopic (exact) mass is 521 g/mol. The first-order valence-electron chi connectivity index (χ1n) is 8.83. The number of aryl methyl sites for hydroxylation is 3. The highest BCUT2D eigenvalue weighted by molar-refractivity contribution is 14.0. The highest BCUT2D eigenvalue weighted by Crippen LogP contribution is 2.10. The number of hydrogen-bond donors (Lipinski definition) is 3. The number of nitrogens with one attached hydrogen (secondary N) is 3. The maximum atomic E-state index is 12.3. The summed E-state index contributed by atoms with van der Waals surface area (Å²) in [5, 5.41) is 6.19. The van der Waals surface area contributed by atoms with E-state index in [1.165, 1.54) is 0 Å². The van der Waals surface area contributed by atoms with Crippen LogP contribution in [0, 0.1) is 20.8 Å². The molecule has 0 fully saturated rings. The third-order valence-corrected chi connectivity index (χ3v) is 5.31. The fourth-order valence-electron chi connectivity index (χ4n) is 2.26. The lowest BCUT2D eigenvalue weighted by atomic mass is 10.2. The van der Waals surface area contributed by atoms with Crippen molar-refractivity contribution in [2.45, 2.75) is 39.1 Å². The molecule has 0 saturated carbocycles. The molecule has 1 aromatic heterocycles. The third kappa shape index (κ3) is 7.40. The second kappa shape index (κ2) is 11.4. The summed E-state index contributed by atoms with van der Waals surface area (Å²) in [4.78, 5) is 8.94. The van der Waals surface area contributed by atoms with Gasteiger partial charge in [-0.25, -0.2) is 23.1 Å². The van der Waals surface area contributed by atoms with Crippen molar-refractivity contribution in [1.29, 1.82) is 0 Å². The van der Waals surface area contributed by atoms with Crippen LogP contribution >= 0.6 is 24.0 Å². The Kier molecular flexibility index (Phi) is 9.90. The third-order valence-electron chi connectivity index (χ3n) is 3.83. The topological polar surface area (TPSA) is 109 Å². The van der Waals surface area contributed by atoms with Gasteiger partial charge in [-0.05, 0) is 39.8 Å². The molecule has 156 valence electrons. The zero-order valence-corrected chi connectivity index (χ0v) is 19.7. The van der Waals surface area contributed by atoms with Crippen LogP contribution in [0.3, 0.4) is 0 Å². The Morgan fingerprint density at radius 3 is 2.36 bits per heavy atom. The average Bonchev–Trinajstić information content (AvgIpc) is 2.94. The van der Waals surface area contributed by atoms with E-state index in [9.17, 15) is 8.42 Å². The fraction of sp³-hybridized carbons (Fsp3) is 0.444. The van der Waals surface area contributed by atoms with Crippen LogP contribution in [0.4, 0.5) is 0 Å². The van der Waals surface area contributed by atoms with E-state index in [0.29, 0.717) is 31.5 Å². The van der Waals surface area contributed by atoms with Crippen molar-refractivity contribution in [2.24, 2.45) is 4.99 Å². The fourth-order valence-corrected chi connectivity index (χ4v) is 3.29. The van der Waals surface area contributed by atoms with Crippen molar-refractivity contribution < 1.29 is 12.8 Å². The summed E-state index contributed by atoms with van der Waals surface area (Å²) in [7, 11) is -3.52. The number of hydrogen-bond acceptors (Lipinski definition) is 5. The number of rotatable bonds is 8. The molecule has 2 rings (SSSR count). The molecule has 0 aliphatic carbocycles. The first-order chi connectivity index (χ1) is 12.8. The van der Waals surface area contributed by atoms with E-state index in [1.807, 2.05) is 27.7 Å². The van der Waals surface area contributed by atoms with Gasteiger partial charge >= 0.3 is 0 Å². The van der Waals surface area contributed by atoms with Gasteiger partial charge in [0.05, 0.1) is 10.6 Å². The first-order valence-corrected chi connectivity index (χ1v) is 10.3. The normalized spacial score (nSPS) is 11.8. The molecule has 0 saturated heterocycles. The minimum absolute atomic E-state index is 0. The van der Waals surface area contributed by atoms with Gasteiger partial charge in [-0.15, -0.1) is 24.0 Å². The van der Waals surface area contributed by atoms with Gasteiger partial charge in [0.1, 0.15) is 12.3 Å². The molecule has 10 heteroatoms. The predicted molar refractivity (Wildman–Crippen MR) is 121 cm³/mol. The molecule has 0 bridgehead atoms. The lowest BCUT2D eigenvalue weighted by Gasteiger charge is -2.12. The molecular formula is C18H28IN5O3S. The summed E-state index contributed by atoms with van der Waals surface area (Å²) >= 11 is 0. The van der Waals surface area contributed by atoms with Crippen LogP contribution in [-0.4, -0.2) is 39.0 Å². The van der Waals surface area contributed by atoms with E-state index in [1.54, 1.807) is 24.3 Å². The zero-order valence-electron chi connectivity index (χ0n) is 16.6. The minimum Gasteiger partial charge on any atom is -0.444 e. The Morgan fingerprint density at radius 1 is 1.11 bits per heavy atom. The molecule has 28 heavy (non-hydrogen) atoms. The second-order valence-corrected chi connectivity index (χ2v) is 7.85. The summed E-state index contributed by atoms with van der Waals surface area (Å²) in [6.07, 6.45) is 0. The smallest absolute Gasteiger partial charge is 0.240 e. The second-order valence-electron chi connectivity index (χ2n) is 6.08. The minimum atomic E-state index is -3.52. The molecule has 3 N–H and O–H groups in total. The van der Waals surface area contributed by atoms with E-state index < -0.39 is 10.0 Å². The molecule has 0 aliphatic rings. The lowest BCUT2D eigenvalue weighted by Crippen LogP contribution is -2.41. The molecule has 0 unspecified atom stereocenters. The Balaban J connectivity index is 0.00000392. The Hall–Kier alpha value is -1.66. The van der Waals surface area contributed by atoms with Gasteiger partial charge in [-0.3, -0.25) is 0 Å². The van der Waals surface area contributed by atoms with Gasteiger partial charge in [0.25, 0.3) is 0 Å². The first kappa shape index (κ1) is 24.4. The molecule has 1 heterocycles. The number of aromatic nitrogens is 1. The number of oxazole rings is 1. The molecule has 1 aromatic carbocycles. The van der Waals surface area contributed by atoms with Crippen molar-refractivity contribution in [3.63, 3.8) is 0 Å². The number of benzene rings is 1. The van der Waals surface area contributed by atoms with Gasteiger partial charge in [-0.1, -0.05) is 17.7 Å². The van der Waals surface area contributed by atoms with Crippen molar-refractivity contribution in [2.75, 3.05) is 19.6 Å².